The average molecular weight is 275 g/mol. The van der Waals surface area contributed by atoms with Gasteiger partial charge in [-0.15, -0.1) is 0 Å². The fourth-order valence-electron chi connectivity index (χ4n) is 1.13. The van der Waals surface area contributed by atoms with Crippen LogP contribution in [-0.4, -0.2) is 32.7 Å². The Labute approximate surface area is 105 Å². The minimum Gasteiger partial charge on any atom is -0.325 e. The van der Waals surface area contributed by atoms with Crippen LogP contribution in [-0.2, 0) is 15.0 Å². The summed E-state index contributed by atoms with van der Waals surface area (Å²) in [6.45, 7) is 1.27. The van der Waals surface area contributed by atoms with E-state index in [9.17, 15) is 17.6 Å². The molecule has 2 N–H and O–H groups in total. The Morgan fingerprint density at radius 1 is 1.28 bits per heavy atom. The van der Waals surface area contributed by atoms with Gasteiger partial charge in [0.2, 0.25) is 5.91 Å². The maximum Gasteiger partial charge on any atom is 0.301 e. The molecule has 0 aliphatic carbocycles. The van der Waals surface area contributed by atoms with Crippen molar-refractivity contribution in [1.82, 2.24) is 4.31 Å². The molecular formula is C10H14FN3O3S. The third-order valence-electron chi connectivity index (χ3n) is 2.01. The molecule has 0 unspecified atom stereocenters. The Hall–Kier alpha value is -1.67. The van der Waals surface area contributed by atoms with Crippen LogP contribution in [0.2, 0.25) is 0 Å². The van der Waals surface area contributed by atoms with Gasteiger partial charge in [0.05, 0.1) is 11.4 Å². The Morgan fingerprint density at radius 3 is 2.39 bits per heavy atom. The number of hydrogen-bond donors (Lipinski definition) is 2. The number of carbonyl (C=O) groups excluding carboxylic acids is 1. The summed E-state index contributed by atoms with van der Waals surface area (Å²) in [5, 5.41) is 2.41. The summed E-state index contributed by atoms with van der Waals surface area (Å²) in [7, 11) is -1.09. The Balaban J connectivity index is 3.14. The van der Waals surface area contributed by atoms with Gasteiger partial charge in [-0.05, 0) is 12.1 Å². The van der Waals surface area contributed by atoms with E-state index >= 15 is 0 Å². The maximum absolute atomic E-state index is 13.1. The van der Waals surface area contributed by atoms with E-state index in [1.807, 2.05) is 0 Å². The van der Waals surface area contributed by atoms with Gasteiger partial charge >= 0.3 is 10.2 Å². The van der Waals surface area contributed by atoms with Crippen LogP contribution in [0.4, 0.5) is 15.8 Å². The number of carbonyl (C=O) groups is 1. The molecule has 0 bridgehead atoms. The first kappa shape index (κ1) is 14.4. The van der Waals surface area contributed by atoms with E-state index in [1.54, 1.807) is 0 Å². The minimum atomic E-state index is -3.76. The van der Waals surface area contributed by atoms with Crippen molar-refractivity contribution >= 4 is 27.5 Å². The van der Waals surface area contributed by atoms with Crippen molar-refractivity contribution in [3.8, 4) is 0 Å². The van der Waals surface area contributed by atoms with Gasteiger partial charge in [0.15, 0.2) is 0 Å². The molecule has 0 atom stereocenters. The van der Waals surface area contributed by atoms with Crippen LogP contribution in [0.25, 0.3) is 0 Å². The van der Waals surface area contributed by atoms with Crippen LogP contribution in [0.15, 0.2) is 18.2 Å². The fraction of sp³-hybridized carbons (Fsp3) is 0.300. The molecule has 18 heavy (non-hydrogen) atoms. The predicted octanol–water partition coefficient (Wildman–Crippen LogP) is 1.00. The molecule has 1 rings (SSSR count). The van der Waals surface area contributed by atoms with Crippen LogP contribution in [0.3, 0.4) is 0 Å². The zero-order chi connectivity index (χ0) is 13.9. The van der Waals surface area contributed by atoms with Gasteiger partial charge in [-0.25, -0.2) is 4.39 Å². The molecule has 0 aliphatic heterocycles. The number of anilines is 2. The zero-order valence-corrected chi connectivity index (χ0v) is 11.0. The summed E-state index contributed by atoms with van der Waals surface area (Å²) in [6, 6.07) is 3.40. The van der Waals surface area contributed by atoms with Crippen molar-refractivity contribution in [2.24, 2.45) is 0 Å². The van der Waals surface area contributed by atoms with E-state index in [4.69, 9.17) is 0 Å². The number of hydrogen-bond acceptors (Lipinski definition) is 3. The number of nitrogens with zero attached hydrogens (tertiary/aromatic N) is 1. The number of nitrogens with one attached hydrogen (secondary N) is 2. The van der Waals surface area contributed by atoms with Crippen molar-refractivity contribution in [3.63, 3.8) is 0 Å². The van der Waals surface area contributed by atoms with Gasteiger partial charge in [0.1, 0.15) is 5.82 Å². The number of halogens is 1. The first-order chi connectivity index (χ1) is 8.22. The summed E-state index contributed by atoms with van der Waals surface area (Å²) in [5.74, 6) is -0.993. The average Bonchev–Trinajstić information content (AvgIpc) is 2.21. The SMILES string of the molecule is CC(=O)Nc1ccc(F)cc1NS(=O)(=O)N(C)C. The highest BCUT2D eigenvalue weighted by Crippen LogP contribution is 2.24. The van der Waals surface area contributed by atoms with Gasteiger partial charge < -0.3 is 5.32 Å². The smallest absolute Gasteiger partial charge is 0.301 e. The maximum atomic E-state index is 13.1. The number of amides is 1. The van der Waals surface area contributed by atoms with Crippen molar-refractivity contribution < 1.29 is 17.6 Å². The van der Waals surface area contributed by atoms with E-state index in [0.717, 1.165) is 16.4 Å². The first-order valence-electron chi connectivity index (χ1n) is 5.00. The molecule has 1 amide bonds. The lowest BCUT2D eigenvalue weighted by molar-refractivity contribution is -0.114. The molecule has 0 radical (unpaired) electrons. The van der Waals surface area contributed by atoms with Gasteiger partial charge in [-0.2, -0.15) is 12.7 Å². The monoisotopic (exact) mass is 275 g/mol. The van der Waals surface area contributed by atoms with Gasteiger partial charge in [0.25, 0.3) is 0 Å². The van der Waals surface area contributed by atoms with Crippen molar-refractivity contribution in [2.75, 3.05) is 24.1 Å². The lowest BCUT2D eigenvalue weighted by atomic mass is 10.2. The second kappa shape index (κ2) is 5.32. The molecule has 0 saturated carbocycles. The summed E-state index contributed by atoms with van der Waals surface area (Å²) in [6.07, 6.45) is 0. The quantitative estimate of drug-likeness (QED) is 0.860. The molecule has 0 aromatic heterocycles. The van der Waals surface area contributed by atoms with Crippen LogP contribution >= 0.6 is 0 Å². The molecule has 100 valence electrons. The summed E-state index contributed by atoms with van der Waals surface area (Å²) >= 11 is 0. The highest BCUT2D eigenvalue weighted by Gasteiger charge is 2.16. The zero-order valence-electron chi connectivity index (χ0n) is 10.2. The second-order valence-electron chi connectivity index (χ2n) is 3.76. The predicted molar refractivity (Wildman–Crippen MR) is 66.9 cm³/mol. The summed E-state index contributed by atoms with van der Waals surface area (Å²) in [4.78, 5) is 11.0. The molecule has 6 nitrogen and oxygen atoms in total. The normalized spacial score (nSPS) is 11.4. The standard InChI is InChI=1S/C10H14FN3O3S/c1-7(15)12-9-5-4-8(11)6-10(9)13-18(16,17)14(2)3/h4-6,13H,1-3H3,(H,12,15). The first-order valence-corrected chi connectivity index (χ1v) is 6.44. The molecule has 8 heteroatoms. The van der Waals surface area contributed by atoms with E-state index < -0.39 is 16.0 Å². The molecule has 0 saturated heterocycles. The van der Waals surface area contributed by atoms with Crippen LogP contribution in [0.5, 0.6) is 0 Å². The molecule has 1 aromatic rings. The Kier molecular flexibility index (Phi) is 4.25. The molecule has 0 aliphatic rings. The molecule has 0 fully saturated rings. The van der Waals surface area contributed by atoms with E-state index in [0.29, 0.717) is 0 Å². The molecule has 1 aromatic carbocycles. The van der Waals surface area contributed by atoms with Crippen molar-refractivity contribution in [3.05, 3.63) is 24.0 Å². The fourth-order valence-corrected chi connectivity index (χ4v) is 1.76. The Bertz CT molecular complexity index is 557. The summed E-state index contributed by atoms with van der Waals surface area (Å²) < 4.78 is 39.5. The van der Waals surface area contributed by atoms with E-state index in [2.05, 4.69) is 10.0 Å². The molecule has 0 spiro atoms. The van der Waals surface area contributed by atoms with Crippen LogP contribution in [0, 0.1) is 5.82 Å². The third-order valence-corrected chi connectivity index (χ3v) is 3.45. The van der Waals surface area contributed by atoms with E-state index in [-0.39, 0.29) is 17.3 Å². The third kappa shape index (κ3) is 3.67. The van der Waals surface area contributed by atoms with Crippen molar-refractivity contribution in [2.45, 2.75) is 6.92 Å². The van der Waals surface area contributed by atoms with Crippen molar-refractivity contribution in [1.29, 1.82) is 0 Å². The lowest BCUT2D eigenvalue weighted by Crippen LogP contribution is -2.29. The Morgan fingerprint density at radius 2 is 1.89 bits per heavy atom. The highest BCUT2D eigenvalue weighted by molar-refractivity contribution is 7.90. The lowest BCUT2D eigenvalue weighted by Gasteiger charge is -2.16. The van der Waals surface area contributed by atoms with Crippen LogP contribution < -0.4 is 10.0 Å². The van der Waals surface area contributed by atoms with Gasteiger partial charge in [-0.3, -0.25) is 9.52 Å². The second-order valence-corrected chi connectivity index (χ2v) is 5.65. The number of rotatable bonds is 4. The van der Waals surface area contributed by atoms with E-state index in [1.165, 1.54) is 27.1 Å². The largest absolute Gasteiger partial charge is 0.325 e. The molecular weight excluding hydrogens is 261 g/mol. The summed E-state index contributed by atoms with van der Waals surface area (Å²) in [5.41, 5.74) is 0.160. The van der Waals surface area contributed by atoms with Crippen LogP contribution in [0.1, 0.15) is 6.92 Å². The minimum absolute atomic E-state index is 0.0288. The highest BCUT2D eigenvalue weighted by atomic mass is 32.2. The topological polar surface area (TPSA) is 78.5 Å². The molecule has 0 heterocycles. The van der Waals surface area contributed by atoms with Gasteiger partial charge in [-0.1, -0.05) is 0 Å². The van der Waals surface area contributed by atoms with Gasteiger partial charge in [0, 0.05) is 27.1 Å². The number of benzene rings is 1.